The number of methoxy groups -OCH3 is 1. The molecule has 0 bridgehead atoms. The molecular formula is C20H17ClN2O5S. The number of hydrogen-bond donors (Lipinski definition) is 2. The molecule has 0 unspecified atom stereocenters. The van der Waals surface area contributed by atoms with Gasteiger partial charge in [0.2, 0.25) is 0 Å². The van der Waals surface area contributed by atoms with Gasteiger partial charge < -0.3 is 14.6 Å². The number of phenolic OH excluding ortho intramolecular Hbond substituents is 1. The van der Waals surface area contributed by atoms with Crippen molar-refractivity contribution in [1.82, 2.24) is 5.32 Å². The summed E-state index contributed by atoms with van der Waals surface area (Å²) in [6.07, 6.45) is 1.35. The predicted molar refractivity (Wildman–Crippen MR) is 113 cm³/mol. The minimum absolute atomic E-state index is 0.0247. The van der Waals surface area contributed by atoms with Gasteiger partial charge in [-0.05, 0) is 55.0 Å². The van der Waals surface area contributed by atoms with Gasteiger partial charge in [-0.15, -0.1) is 0 Å². The van der Waals surface area contributed by atoms with Crippen LogP contribution < -0.4 is 19.7 Å². The fourth-order valence-electron chi connectivity index (χ4n) is 2.77. The van der Waals surface area contributed by atoms with Crippen molar-refractivity contribution in [1.29, 1.82) is 0 Å². The second-order valence-corrected chi connectivity index (χ2v) is 6.74. The zero-order chi connectivity index (χ0) is 21.1. The van der Waals surface area contributed by atoms with Crippen LogP contribution in [0.2, 0.25) is 5.02 Å². The van der Waals surface area contributed by atoms with Gasteiger partial charge in [-0.3, -0.25) is 19.8 Å². The van der Waals surface area contributed by atoms with Crippen LogP contribution in [-0.2, 0) is 9.59 Å². The van der Waals surface area contributed by atoms with Crippen molar-refractivity contribution >= 4 is 52.5 Å². The number of nitrogens with zero attached hydrogens (tertiary/aromatic N) is 1. The summed E-state index contributed by atoms with van der Waals surface area (Å²) in [7, 11) is 1.37. The molecule has 1 fully saturated rings. The van der Waals surface area contributed by atoms with E-state index in [1.807, 2.05) is 6.92 Å². The number of rotatable bonds is 5. The third kappa shape index (κ3) is 4.18. The normalized spacial score (nSPS) is 15.5. The van der Waals surface area contributed by atoms with Gasteiger partial charge in [0.1, 0.15) is 11.3 Å². The predicted octanol–water partition coefficient (Wildman–Crippen LogP) is 3.28. The molecule has 0 saturated carbocycles. The van der Waals surface area contributed by atoms with Crippen LogP contribution in [0.3, 0.4) is 0 Å². The third-order valence-corrected chi connectivity index (χ3v) is 4.64. The highest BCUT2D eigenvalue weighted by molar-refractivity contribution is 7.80. The zero-order valence-corrected chi connectivity index (χ0v) is 17.1. The van der Waals surface area contributed by atoms with E-state index in [9.17, 15) is 14.7 Å². The summed E-state index contributed by atoms with van der Waals surface area (Å²) in [6, 6.07) is 9.69. The number of phenols is 1. The molecule has 2 aromatic carbocycles. The maximum absolute atomic E-state index is 13.1. The van der Waals surface area contributed by atoms with E-state index in [1.54, 1.807) is 24.3 Å². The summed E-state index contributed by atoms with van der Waals surface area (Å²) in [4.78, 5) is 26.7. The van der Waals surface area contributed by atoms with E-state index in [4.69, 9.17) is 33.3 Å². The van der Waals surface area contributed by atoms with E-state index in [0.29, 0.717) is 23.6 Å². The van der Waals surface area contributed by atoms with Gasteiger partial charge >= 0.3 is 0 Å². The SMILES string of the molecule is CCOc1cccc(N2C(=O)/C(=C/c3cc(Cl)c(O)c(OC)c3)C(=O)NC2=S)c1. The van der Waals surface area contributed by atoms with Gasteiger partial charge in [-0.25, -0.2) is 0 Å². The molecule has 7 nitrogen and oxygen atoms in total. The van der Waals surface area contributed by atoms with Crippen LogP contribution in [-0.4, -0.2) is 35.8 Å². The summed E-state index contributed by atoms with van der Waals surface area (Å²) in [5, 5.41) is 12.4. The van der Waals surface area contributed by atoms with Crippen LogP contribution in [0.1, 0.15) is 12.5 Å². The van der Waals surface area contributed by atoms with Crippen LogP contribution >= 0.6 is 23.8 Å². The molecule has 1 heterocycles. The lowest BCUT2D eigenvalue weighted by atomic mass is 10.1. The smallest absolute Gasteiger partial charge is 0.270 e. The highest BCUT2D eigenvalue weighted by Crippen LogP contribution is 2.36. The highest BCUT2D eigenvalue weighted by Gasteiger charge is 2.34. The molecule has 2 N–H and O–H groups in total. The third-order valence-electron chi connectivity index (χ3n) is 4.07. The zero-order valence-electron chi connectivity index (χ0n) is 15.6. The van der Waals surface area contributed by atoms with Gasteiger partial charge in [-0.1, -0.05) is 17.7 Å². The summed E-state index contributed by atoms with van der Waals surface area (Å²) < 4.78 is 10.5. The van der Waals surface area contributed by atoms with Crippen LogP contribution in [0.15, 0.2) is 42.0 Å². The van der Waals surface area contributed by atoms with E-state index in [1.165, 1.54) is 30.2 Å². The first-order chi connectivity index (χ1) is 13.8. The Morgan fingerprint density at radius 2 is 2.03 bits per heavy atom. The number of carbonyl (C=O) groups excluding carboxylic acids is 2. The summed E-state index contributed by atoms with van der Waals surface area (Å²) in [5.41, 5.74) is 0.710. The minimum atomic E-state index is -0.639. The number of halogens is 1. The van der Waals surface area contributed by atoms with Crippen molar-refractivity contribution in [2.45, 2.75) is 6.92 Å². The van der Waals surface area contributed by atoms with Crippen LogP contribution in [0.5, 0.6) is 17.2 Å². The average Bonchev–Trinajstić information content (AvgIpc) is 2.68. The number of thiocarbonyl (C=S) groups is 1. The molecule has 2 amide bonds. The number of anilines is 1. The Morgan fingerprint density at radius 1 is 1.28 bits per heavy atom. The van der Waals surface area contributed by atoms with Crippen molar-refractivity contribution in [2.24, 2.45) is 0 Å². The number of nitrogens with one attached hydrogen (secondary N) is 1. The number of benzene rings is 2. The number of carbonyl (C=O) groups is 2. The molecule has 9 heteroatoms. The lowest BCUT2D eigenvalue weighted by molar-refractivity contribution is -0.122. The van der Waals surface area contributed by atoms with Crippen molar-refractivity contribution in [3.05, 3.63) is 52.6 Å². The maximum atomic E-state index is 13.1. The Labute approximate surface area is 177 Å². The molecule has 0 spiro atoms. The molecule has 0 aliphatic carbocycles. The Morgan fingerprint density at radius 3 is 2.72 bits per heavy atom. The maximum Gasteiger partial charge on any atom is 0.270 e. The largest absolute Gasteiger partial charge is 0.503 e. The first-order valence-corrected chi connectivity index (χ1v) is 9.35. The molecule has 2 aromatic rings. The molecule has 0 atom stereocenters. The topological polar surface area (TPSA) is 88.1 Å². The summed E-state index contributed by atoms with van der Waals surface area (Å²) >= 11 is 11.2. The van der Waals surface area contributed by atoms with Gasteiger partial charge in [0.05, 0.1) is 24.4 Å². The molecule has 150 valence electrons. The summed E-state index contributed by atoms with van der Waals surface area (Å²) in [6.45, 7) is 2.31. The monoisotopic (exact) mass is 432 g/mol. The standard InChI is InChI=1S/C20H17ClN2O5S/c1-3-28-13-6-4-5-12(10-13)23-19(26)14(18(25)22-20(23)29)7-11-8-15(21)17(24)16(9-11)27-2/h4-10,24H,3H2,1-2H3,(H,22,25,29)/b14-7+. The van der Waals surface area contributed by atoms with Crippen LogP contribution in [0.25, 0.3) is 6.08 Å². The quantitative estimate of drug-likeness (QED) is 0.428. The fraction of sp³-hybridized carbons (Fsp3) is 0.150. The van der Waals surface area contributed by atoms with Crippen molar-refractivity contribution in [2.75, 3.05) is 18.6 Å². The molecule has 0 aromatic heterocycles. The van der Waals surface area contributed by atoms with Gasteiger partial charge in [0.15, 0.2) is 16.6 Å². The summed E-state index contributed by atoms with van der Waals surface area (Å²) in [5.74, 6) is -0.787. The van der Waals surface area contributed by atoms with E-state index in [2.05, 4.69) is 5.32 Å². The van der Waals surface area contributed by atoms with E-state index < -0.39 is 11.8 Å². The van der Waals surface area contributed by atoms with Gasteiger partial charge in [-0.2, -0.15) is 0 Å². The van der Waals surface area contributed by atoms with Crippen molar-refractivity contribution < 1.29 is 24.2 Å². The number of aromatic hydroxyl groups is 1. The first-order valence-electron chi connectivity index (χ1n) is 8.56. The average molecular weight is 433 g/mol. The van der Waals surface area contributed by atoms with Crippen molar-refractivity contribution in [3.63, 3.8) is 0 Å². The fourth-order valence-corrected chi connectivity index (χ4v) is 3.27. The molecule has 0 radical (unpaired) electrons. The highest BCUT2D eigenvalue weighted by atomic mass is 35.5. The second-order valence-electron chi connectivity index (χ2n) is 5.94. The number of amides is 2. The Balaban J connectivity index is 2.02. The van der Waals surface area contributed by atoms with E-state index in [-0.39, 0.29) is 27.2 Å². The molecule has 1 aliphatic heterocycles. The Bertz CT molecular complexity index is 1040. The molecule has 29 heavy (non-hydrogen) atoms. The lowest BCUT2D eigenvalue weighted by Crippen LogP contribution is -2.54. The van der Waals surface area contributed by atoms with Crippen LogP contribution in [0.4, 0.5) is 5.69 Å². The van der Waals surface area contributed by atoms with E-state index in [0.717, 1.165) is 0 Å². The molecule has 3 rings (SSSR count). The molecule has 1 saturated heterocycles. The van der Waals surface area contributed by atoms with Crippen LogP contribution in [0, 0.1) is 0 Å². The molecule has 1 aliphatic rings. The Hall–Kier alpha value is -3.10. The lowest BCUT2D eigenvalue weighted by Gasteiger charge is -2.29. The molecular weight excluding hydrogens is 416 g/mol. The number of ether oxygens (including phenoxy) is 2. The number of hydrogen-bond acceptors (Lipinski definition) is 6. The second kappa shape index (κ2) is 8.50. The Kier molecular flexibility index (Phi) is 6.05. The minimum Gasteiger partial charge on any atom is -0.503 e. The van der Waals surface area contributed by atoms with Crippen molar-refractivity contribution in [3.8, 4) is 17.2 Å². The van der Waals surface area contributed by atoms with Gasteiger partial charge in [0, 0.05) is 6.07 Å². The first kappa shape index (κ1) is 20.6. The van der Waals surface area contributed by atoms with Gasteiger partial charge in [0.25, 0.3) is 11.8 Å². The van der Waals surface area contributed by atoms with E-state index >= 15 is 0 Å².